The molecule has 1 heterocycles. The summed E-state index contributed by atoms with van der Waals surface area (Å²) >= 11 is 0. The number of nitro groups is 1. The second-order valence-corrected chi connectivity index (χ2v) is 6.43. The molecular formula is C19H23N3O4. The molecule has 1 aliphatic heterocycles. The van der Waals surface area contributed by atoms with Crippen LogP contribution in [0, 0.1) is 10.1 Å². The maximum absolute atomic E-state index is 10.9. The van der Waals surface area contributed by atoms with Gasteiger partial charge < -0.3 is 15.2 Å². The van der Waals surface area contributed by atoms with Gasteiger partial charge in [-0.1, -0.05) is 24.3 Å². The van der Waals surface area contributed by atoms with Gasteiger partial charge in [0.15, 0.2) is 5.75 Å². The monoisotopic (exact) mass is 357 g/mol. The van der Waals surface area contributed by atoms with E-state index < -0.39 is 11.0 Å². The first kappa shape index (κ1) is 18.2. The standard InChI is InChI=1S/C19H23N3O4/c1-26-19-10-16(6-7-18(19)22(24)25)20-11-17(23)13-21-9-8-14-4-2-3-5-15(14)12-21/h2-7,10,17,20,23H,8-9,11-13H2,1H3. The number of rotatable bonds is 7. The van der Waals surface area contributed by atoms with Gasteiger partial charge in [-0.05, 0) is 23.6 Å². The maximum Gasteiger partial charge on any atom is 0.311 e. The molecule has 1 atom stereocenters. The Labute approximate surface area is 152 Å². The highest BCUT2D eigenvalue weighted by molar-refractivity contribution is 5.58. The Morgan fingerprint density at radius 2 is 2.08 bits per heavy atom. The van der Waals surface area contributed by atoms with Gasteiger partial charge in [-0.3, -0.25) is 15.0 Å². The lowest BCUT2D eigenvalue weighted by Crippen LogP contribution is -2.39. The Bertz CT molecular complexity index is 781. The number of hydrogen-bond donors (Lipinski definition) is 2. The first-order valence-electron chi connectivity index (χ1n) is 8.60. The summed E-state index contributed by atoms with van der Waals surface area (Å²) in [6.07, 6.45) is 0.456. The van der Waals surface area contributed by atoms with Crippen LogP contribution in [0.15, 0.2) is 42.5 Å². The number of nitro benzene ring substituents is 1. The second kappa shape index (κ2) is 8.16. The summed E-state index contributed by atoms with van der Waals surface area (Å²) in [6, 6.07) is 13.0. The third kappa shape index (κ3) is 4.30. The van der Waals surface area contributed by atoms with E-state index in [0.717, 1.165) is 19.5 Å². The van der Waals surface area contributed by atoms with E-state index >= 15 is 0 Å². The van der Waals surface area contributed by atoms with Gasteiger partial charge >= 0.3 is 5.69 Å². The number of aliphatic hydroxyl groups is 1. The van der Waals surface area contributed by atoms with E-state index in [4.69, 9.17) is 4.74 Å². The summed E-state index contributed by atoms with van der Waals surface area (Å²) in [5, 5.41) is 24.4. The van der Waals surface area contributed by atoms with Crippen LogP contribution in [0.5, 0.6) is 5.75 Å². The lowest BCUT2D eigenvalue weighted by Gasteiger charge is -2.30. The van der Waals surface area contributed by atoms with Gasteiger partial charge in [0.25, 0.3) is 0 Å². The van der Waals surface area contributed by atoms with E-state index in [1.54, 1.807) is 12.1 Å². The van der Waals surface area contributed by atoms with Crippen molar-refractivity contribution in [3.63, 3.8) is 0 Å². The van der Waals surface area contributed by atoms with Gasteiger partial charge in [0.1, 0.15) is 0 Å². The molecule has 0 fully saturated rings. The largest absolute Gasteiger partial charge is 0.490 e. The predicted octanol–water partition coefficient (Wildman–Crippen LogP) is 2.43. The molecule has 1 unspecified atom stereocenters. The average molecular weight is 357 g/mol. The zero-order valence-electron chi connectivity index (χ0n) is 14.7. The normalized spacial score (nSPS) is 15.2. The molecule has 0 aromatic heterocycles. The molecule has 138 valence electrons. The minimum absolute atomic E-state index is 0.0782. The topological polar surface area (TPSA) is 87.9 Å². The minimum atomic E-state index is -0.540. The number of nitrogens with one attached hydrogen (secondary N) is 1. The minimum Gasteiger partial charge on any atom is -0.490 e. The quantitative estimate of drug-likeness (QED) is 0.584. The van der Waals surface area contributed by atoms with E-state index in [1.165, 1.54) is 24.3 Å². The Balaban J connectivity index is 1.53. The van der Waals surface area contributed by atoms with E-state index in [2.05, 4.69) is 28.4 Å². The fraction of sp³-hybridized carbons (Fsp3) is 0.368. The van der Waals surface area contributed by atoms with Crippen LogP contribution in [0.3, 0.4) is 0 Å². The van der Waals surface area contributed by atoms with Crippen molar-refractivity contribution in [2.45, 2.75) is 19.1 Å². The number of ether oxygens (including phenoxy) is 1. The molecule has 0 saturated carbocycles. The van der Waals surface area contributed by atoms with E-state index in [1.807, 2.05) is 6.07 Å². The molecule has 0 radical (unpaired) electrons. The summed E-state index contributed by atoms with van der Waals surface area (Å²) in [6.45, 7) is 2.71. The molecule has 1 aliphatic rings. The Kier molecular flexibility index (Phi) is 5.70. The van der Waals surface area contributed by atoms with Crippen molar-refractivity contribution in [2.24, 2.45) is 0 Å². The van der Waals surface area contributed by atoms with Gasteiger partial charge in [0.2, 0.25) is 0 Å². The van der Waals surface area contributed by atoms with Crippen molar-refractivity contribution >= 4 is 11.4 Å². The molecule has 7 heteroatoms. The van der Waals surface area contributed by atoms with Gasteiger partial charge in [-0.25, -0.2) is 0 Å². The molecule has 2 N–H and O–H groups in total. The number of β-amino-alcohol motifs (C(OH)–C–C–N with tert-alkyl or cyclic N) is 1. The van der Waals surface area contributed by atoms with E-state index in [-0.39, 0.29) is 11.4 Å². The van der Waals surface area contributed by atoms with Crippen molar-refractivity contribution in [2.75, 3.05) is 32.1 Å². The SMILES string of the molecule is COc1cc(NCC(O)CN2CCc3ccccc3C2)ccc1[N+](=O)[O-]. The highest BCUT2D eigenvalue weighted by Crippen LogP contribution is 2.29. The maximum atomic E-state index is 10.9. The Morgan fingerprint density at radius 1 is 1.31 bits per heavy atom. The van der Waals surface area contributed by atoms with Crippen LogP contribution >= 0.6 is 0 Å². The summed E-state index contributed by atoms with van der Waals surface area (Å²) in [5.41, 5.74) is 3.30. The van der Waals surface area contributed by atoms with Gasteiger partial charge in [0, 0.05) is 44.0 Å². The molecule has 3 rings (SSSR count). The summed E-state index contributed by atoms with van der Waals surface area (Å²) in [7, 11) is 1.40. The van der Waals surface area contributed by atoms with Crippen LogP contribution in [-0.2, 0) is 13.0 Å². The first-order valence-corrected chi connectivity index (χ1v) is 8.60. The number of hydrogen-bond acceptors (Lipinski definition) is 6. The highest BCUT2D eigenvalue weighted by Gasteiger charge is 2.19. The molecular weight excluding hydrogens is 334 g/mol. The van der Waals surface area contributed by atoms with Gasteiger partial charge in [-0.15, -0.1) is 0 Å². The fourth-order valence-electron chi connectivity index (χ4n) is 3.25. The van der Waals surface area contributed by atoms with Gasteiger partial charge in [0.05, 0.1) is 18.1 Å². The molecule has 7 nitrogen and oxygen atoms in total. The molecule has 26 heavy (non-hydrogen) atoms. The molecule has 2 aromatic rings. The molecule has 2 aromatic carbocycles. The number of anilines is 1. The Morgan fingerprint density at radius 3 is 2.81 bits per heavy atom. The lowest BCUT2D eigenvalue weighted by atomic mass is 10.00. The van der Waals surface area contributed by atoms with Crippen molar-refractivity contribution in [3.05, 3.63) is 63.7 Å². The van der Waals surface area contributed by atoms with Crippen LogP contribution < -0.4 is 10.1 Å². The van der Waals surface area contributed by atoms with Crippen LogP contribution in [0.4, 0.5) is 11.4 Å². The van der Waals surface area contributed by atoms with Crippen molar-refractivity contribution in [3.8, 4) is 5.75 Å². The van der Waals surface area contributed by atoms with Crippen LogP contribution in [0.2, 0.25) is 0 Å². The fourth-order valence-corrected chi connectivity index (χ4v) is 3.25. The number of aliphatic hydroxyl groups excluding tert-OH is 1. The van der Waals surface area contributed by atoms with Crippen molar-refractivity contribution in [1.29, 1.82) is 0 Å². The molecule has 0 spiro atoms. The highest BCUT2D eigenvalue weighted by atomic mass is 16.6. The first-order chi connectivity index (χ1) is 12.6. The Hall–Kier alpha value is -2.64. The summed E-state index contributed by atoms with van der Waals surface area (Å²) < 4.78 is 5.06. The third-order valence-electron chi connectivity index (χ3n) is 4.60. The summed E-state index contributed by atoms with van der Waals surface area (Å²) in [5.74, 6) is 0.196. The lowest BCUT2D eigenvalue weighted by molar-refractivity contribution is -0.385. The number of benzene rings is 2. The third-order valence-corrected chi connectivity index (χ3v) is 4.60. The van der Waals surface area contributed by atoms with Crippen LogP contribution in [0.1, 0.15) is 11.1 Å². The second-order valence-electron chi connectivity index (χ2n) is 6.43. The molecule has 0 saturated heterocycles. The number of fused-ring (bicyclic) bond motifs is 1. The van der Waals surface area contributed by atoms with E-state index in [9.17, 15) is 15.2 Å². The number of methoxy groups -OCH3 is 1. The zero-order chi connectivity index (χ0) is 18.5. The molecule has 0 aliphatic carbocycles. The molecule has 0 amide bonds. The average Bonchev–Trinajstić information content (AvgIpc) is 2.66. The van der Waals surface area contributed by atoms with Gasteiger partial charge in [-0.2, -0.15) is 0 Å². The predicted molar refractivity (Wildman–Crippen MR) is 99.6 cm³/mol. The van der Waals surface area contributed by atoms with Crippen molar-refractivity contribution in [1.82, 2.24) is 4.90 Å². The summed E-state index contributed by atoms with van der Waals surface area (Å²) in [4.78, 5) is 12.7. The zero-order valence-corrected chi connectivity index (χ0v) is 14.7. The molecule has 0 bridgehead atoms. The van der Waals surface area contributed by atoms with Crippen LogP contribution in [-0.4, -0.2) is 47.8 Å². The van der Waals surface area contributed by atoms with Crippen LogP contribution in [0.25, 0.3) is 0 Å². The number of nitrogens with zero attached hydrogens (tertiary/aromatic N) is 2. The van der Waals surface area contributed by atoms with E-state index in [0.29, 0.717) is 18.8 Å². The smallest absolute Gasteiger partial charge is 0.311 e. The van der Waals surface area contributed by atoms with Crippen molar-refractivity contribution < 1.29 is 14.8 Å².